The number of imidazole rings is 3. The van der Waals surface area contributed by atoms with E-state index in [9.17, 15) is 4.79 Å². The van der Waals surface area contributed by atoms with E-state index in [1.54, 1.807) is 65.9 Å². The molecule has 6 rings (SSSR count). The van der Waals surface area contributed by atoms with Crippen LogP contribution in [0.2, 0.25) is 0 Å². The molecule has 0 N–H and O–H groups in total. The summed E-state index contributed by atoms with van der Waals surface area (Å²) >= 11 is 0. The van der Waals surface area contributed by atoms with Gasteiger partial charge < -0.3 is 4.57 Å². The van der Waals surface area contributed by atoms with Gasteiger partial charge in [-0.3, -0.25) is 18.4 Å². The van der Waals surface area contributed by atoms with Crippen molar-refractivity contribution in [2.45, 2.75) is 13.8 Å². The average molecular weight is 511 g/mol. The van der Waals surface area contributed by atoms with Crippen LogP contribution in [0.1, 0.15) is 19.4 Å². The molecule has 9 nitrogen and oxygen atoms in total. The third kappa shape index (κ3) is 3.52. The van der Waals surface area contributed by atoms with Crippen LogP contribution in [0.3, 0.4) is 0 Å². The van der Waals surface area contributed by atoms with Crippen molar-refractivity contribution in [3.8, 4) is 28.3 Å². The van der Waals surface area contributed by atoms with E-state index in [0.29, 0.717) is 28.0 Å². The first-order valence-electron chi connectivity index (χ1n) is 12.2. The maximum Gasteiger partial charge on any atom is 0.328 e. The summed E-state index contributed by atoms with van der Waals surface area (Å²) in [5.74, 6) is 0.243. The standard InChI is InChI=1S/C28H27FN8O/c1-16(2)7-17-8-19(9-24-26(17)36(6)28(38)35(24)5)37-23-11-21(29)20(18-12-31-34(4)14-18)10-22(23)32-27(37)25-13-30-15-33(25)3/h7-15H,1-6H3. The van der Waals surface area contributed by atoms with Crippen molar-refractivity contribution in [2.24, 2.45) is 28.2 Å². The second-order valence-electron chi connectivity index (χ2n) is 9.91. The summed E-state index contributed by atoms with van der Waals surface area (Å²) in [6.07, 6.45) is 8.91. The molecule has 4 heterocycles. The van der Waals surface area contributed by atoms with Crippen molar-refractivity contribution in [2.75, 3.05) is 0 Å². The van der Waals surface area contributed by atoms with Crippen molar-refractivity contribution >= 4 is 28.1 Å². The summed E-state index contributed by atoms with van der Waals surface area (Å²) in [5.41, 5.74) is 7.35. The Morgan fingerprint density at radius 1 is 0.974 bits per heavy atom. The summed E-state index contributed by atoms with van der Waals surface area (Å²) in [6.45, 7) is 4.03. The van der Waals surface area contributed by atoms with Crippen molar-refractivity contribution in [3.05, 3.63) is 76.6 Å². The lowest BCUT2D eigenvalue weighted by molar-refractivity contribution is 0.632. The van der Waals surface area contributed by atoms with Gasteiger partial charge in [-0.2, -0.15) is 5.10 Å². The Bertz CT molecular complexity index is 1970. The minimum Gasteiger partial charge on any atom is -0.331 e. The zero-order valence-corrected chi connectivity index (χ0v) is 22.1. The predicted molar refractivity (Wildman–Crippen MR) is 146 cm³/mol. The van der Waals surface area contributed by atoms with Crippen LogP contribution in [0.4, 0.5) is 4.39 Å². The average Bonchev–Trinajstić information content (AvgIpc) is 3.62. The maximum atomic E-state index is 15.6. The highest BCUT2D eigenvalue weighted by molar-refractivity contribution is 5.91. The highest BCUT2D eigenvalue weighted by Crippen LogP contribution is 2.35. The lowest BCUT2D eigenvalue weighted by Gasteiger charge is -2.13. The fraction of sp³-hybridized carbons (Fsp3) is 0.214. The zero-order valence-electron chi connectivity index (χ0n) is 22.1. The third-order valence-corrected chi connectivity index (χ3v) is 6.88. The maximum absolute atomic E-state index is 15.6. The molecule has 0 amide bonds. The van der Waals surface area contributed by atoms with Gasteiger partial charge in [0.1, 0.15) is 11.5 Å². The molecule has 0 fully saturated rings. The summed E-state index contributed by atoms with van der Waals surface area (Å²) in [6, 6.07) is 7.24. The third-order valence-electron chi connectivity index (χ3n) is 6.88. The number of aromatic nitrogens is 8. The fourth-order valence-corrected chi connectivity index (χ4v) is 5.11. The molecule has 10 heteroatoms. The molecule has 4 aromatic heterocycles. The summed E-state index contributed by atoms with van der Waals surface area (Å²) < 4.78 is 24.3. The second-order valence-corrected chi connectivity index (χ2v) is 9.91. The first kappa shape index (κ1) is 23.7. The fourth-order valence-electron chi connectivity index (χ4n) is 5.11. The molecule has 0 radical (unpaired) electrons. The smallest absolute Gasteiger partial charge is 0.328 e. The van der Waals surface area contributed by atoms with E-state index in [4.69, 9.17) is 4.98 Å². The molecule has 0 atom stereocenters. The van der Waals surface area contributed by atoms with Crippen molar-refractivity contribution in [1.82, 2.24) is 38.0 Å². The van der Waals surface area contributed by atoms with Crippen molar-refractivity contribution in [1.29, 1.82) is 0 Å². The Morgan fingerprint density at radius 3 is 2.42 bits per heavy atom. The Kier molecular flexibility index (Phi) is 5.23. The number of halogens is 1. The molecule has 0 aliphatic heterocycles. The second kappa shape index (κ2) is 8.41. The Morgan fingerprint density at radius 2 is 1.76 bits per heavy atom. The number of hydrogen-bond donors (Lipinski definition) is 0. The predicted octanol–water partition coefficient (Wildman–Crippen LogP) is 4.58. The van der Waals surface area contributed by atoms with Gasteiger partial charge in [0.2, 0.25) is 0 Å². The van der Waals surface area contributed by atoms with Gasteiger partial charge in [-0.1, -0.05) is 11.6 Å². The van der Waals surface area contributed by atoms with E-state index >= 15 is 4.39 Å². The molecule has 0 spiro atoms. The quantitative estimate of drug-likeness (QED) is 0.348. The van der Waals surface area contributed by atoms with Crippen LogP contribution in [0.25, 0.3) is 56.5 Å². The summed E-state index contributed by atoms with van der Waals surface area (Å²) in [5, 5.41) is 4.19. The molecule has 6 aromatic rings. The van der Waals surface area contributed by atoms with Gasteiger partial charge in [0, 0.05) is 57.1 Å². The van der Waals surface area contributed by atoms with Gasteiger partial charge >= 0.3 is 5.69 Å². The van der Waals surface area contributed by atoms with Gasteiger partial charge in [-0.15, -0.1) is 0 Å². The van der Waals surface area contributed by atoms with E-state index < -0.39 is 0 Å². The van der Waals surface area contributed by atoms with Crippen molar-refractivity contribution in [3.63, 3.8) is 0 Å². The Balaban J connectivity index is 1.72. The number of hydrogen-bond acceptors (Lipinski definition) is 4. The molecule has 192 valence electrons. The monoisotopic (exact) mass is 510 g/mol. The van der Waals surface area contributed by atoms with E-state index in [2.05, 4.69) is 16.2 Å². The lowest BCUT2D eigenvalue weighted by Crippen LogP contribution is -2.19. The van der Waals surface area contributed by atoms with Crippen LogP contribution >= 0.6 is 0 Å². The highest BCUT2D eigenvalue weighted by atomic mass is 19.1. The molecule has 2 aromatic carbocycles. The lowest BCUT2D eigenvalue weighted by atomic mass is 10.1. The van der Waals surface area contributed by atoms with E-state index in [-0.39, 0.29) is 11.5 Å². The molecular weight excluding hydrogens is 483 g/mol. The number of rotatable bonds is 4. The first-order valence-corrected chi connectivity index (χ1v) is 12.2. The van der Waals surface area contributed by atoms with Crippen LogP contribution in [-0.2, 0) is 28.2 Å². The SMILES string of the molecule is CC(C)=Cc1cc(-n2c(-c3cncn3C)nc3cc(-c4cnn(C)c4)c(F)cc32)cc2c1n(C)c(=O)n2C. The number of aryl methyl sites for hydroxylation is 4. The molecule has 0 bridgehead atoms. The van der Waals surface area contributed by atoms with Crippen LogP contribution in [-0.4, -0.2) is 38.0 Å². The number of fused-ring (bicyclic) bond motifs is 2. The molecular formula is C28H27FN8O. The summed E-state index contributed by atoms with van der Waals surface area (Å²) in [4.78, 5) is 22.1. The topological polar surface area (TPSA) is 80.4 Å². The minimum atomic E-state index is -0.374. The number of nitrogens with zero attached hydrogens (tertiary/aromatic N) is 8. The molecule has 38 heavy (non-hydrogen) atoms. The van der Waals surface area contributed by atoms with Crippen LogP contribution < -0.4 is 5.69 Å². The number of benzene rings is 2. The largest absolute Gasteiger partial charge is 0.331 e. The van der Waals surface area contributed by atoms with Gasteiger partial charge in [0.05, 0.1) is 46.5 Å². The normalized spacial score (nSPS) is 11.7. The van der Waals surface area contributed by atoms with E-state index in [1.807, 2.05) is 42.2 Å². The summed E-state index contributed by atoms with van der Waals surface area (Å²) in [7, 11) is 7.23. The molecule has 0 aliphatic carbocycles. The highest BCUT2D eigenvalue weighted by Gasteiger charge is 2.22. The molecule has 0 aliphatic rings. The van der Waals surface area contributed by atoms with Gasteiger partial charge in [0.15, 0.2) is 5.82 Å². The first-order chi connectivity index (χ1) is 18.1. The Labute approximate surface area is 217 Å². The van der Waals surface area contributed by atoms with Crippen molar-refractivity contribution < 1.29 is 4.39 Å². The molecule has 0 saturated heterocycles. The van der Waals surface area contributed by atoms with Crippen LogP contribution in [0.5, 0.6) is 0 Å². The van der Waals surface area contributed by atoms with E-state index in [0.717, 1.165) is 33.6 Å². The van der Waals surface area contributed by atoms with E-state index in [1.165, 1.54) is 6.07 Å². The Hall–Kier alpha value is -4.73. The zero-order chi connectivity index (χ0) is 26.9. The molecule has 0 saturated carbocycles. The van der Waals surface area contributed by atoms with Crippen LogP contribution in [0.15, 0.2) is 59.6 Å². The van der Waals surface area contributed by atoms with Gasteiger partial charge in [-0.25, -0.2) is 19.2 Å². The van der Waals surface area contributed by atoms with Gasteiger partial charge in [-0.05, 0) is 32.0 Å². The van der Waals surface area contributed by atoms with Gasteiger partial charge in [0.25, 0.3) is 0 Å². The minimum absolute atomic E-state index is 0.116. The number of allylic oxidation sites excluding steroid dienone is 1. The van der Waals surface area contributed by atoms with Crippen LogP contribution in [0, 0.1) is 5.82 Å². The molecule has 0 unspecified atom stereocenters.